The van der Waals surface area contributed by atoms with Gasteiger partial charge in [-0.3, -0.25) is 9.59 Å². The fraction of sp³-hybridized carbons (Fsp3) is 0.435. The molecule has 1 aliphatic rings. The Balaban J connectivity index is 1.65. The van der Waals surface area contributed by atoms with Crippen LogP contribution < -0.4 is 10.2 Å². The molecule has 1 aromatic carbocycles. The largest absolute Gasteiger partial charge is 0.353 e. The lowest BCUT2D eigenvalue weighted by molar-refractivity contribution is -0.134. The van der Waals surface area contributed by atoms with Gasteiger partial charge in [0.1, 0.15) is 11.9 Å². The number of amides is 2. The lowest BCUT2D eigenvalue weighted by atomic mass is 10.0. The molecule has 0 spiro atoms. The zero-order valence-electron chi connectivity index (χ0n) is 17.5. The van der Waals surface area contributed by atoms with Crippen molar-refractivity contribution in [2.24, 2.45) is 5.92 Å². The summed E-state index contributed by atoms with van der Waals surface area (Å²) in [7, 11) is 0. The number of hydrogen-bond donors (Lipinski definition) is 1. The van der Waals surface area contributed by atoms with Crippen molar-refractivity contribution in [3.63, 3.8) is 0 Å². The topological polar surface area (TPSA) is 65.5 Å². The van der Waals surface area contributed by atoms with E-state index in [1.165, 1.54) is 0 Å². The first-order valence-corrected chi connectivity index (χ1v) is 10.3. The van der Waals surface area contributed by atoms with Crippen LogP contribution in [0.1, 0.15) is 36.2 Å². The van der Waals surface area contributed by atoms with Crippen molar-refractivity contribution in [1.29, 1.82) is 0 Å². The standard InChI is InChI=1S/C23H30N4O2/c1-17(2)16-20(25-22(28)19-9-5-4-8-18(19)3)23(29)27-14-12-26(13-15-27)21-10-6-7-11-24-21/h4-11,17,20H,12-16H2,1-3H3,(H,25,28). The maximum absolute atomic E-state index is 13.2. The van der Waals surface area contributed by atoms with Gasteiger partial charge in [0, 0.05) is 37.9 Å². The second kappa shape index (κ2) is 9.54. The summed E-state index contributed by atoms with van der Waals surface area (Å²) in [5.41, 5.74) is 1.53. The van der Waals surface area contributed by atoms with Crippen molar-refractivity contribution in [1.82, 2.24) is 15.2 Å². The Hall–Kier alpha value is -2.89. The molecule has 0 aliphatic carbocycles. The van der Waals surface area contributed by atoms with E-state index in [0.29, 0.717) is 31.0 Å². The molecule has 1 N–H and O–H groups in total. The molecular formula is C23H30N4O2. The zero-order chi connectivity index (χ0) is 20.8. The molecule has 2 aromatic rings. The van der Waals surface area contributed by atoms with Crippen LogP contribution in [0, 0.1) is 12.8 Å². The highest BCUT2D eigenvalue weighted by molar-refractivity contribution is 5.98. The molecule has 154 valence electrons. The number of anilines is 1. The molecule has 1 aromatic heterocycles. The maximum Gasteiger partial charge on any atom is 0.252 e. The first-order valence-electron chi connectivity index (χ1n) is 10.3. The van der Waals surface area contributed by atoms with Gasteiger partial charge in [-0.15, -0.1) is 0 Å². The highest BCUT2D eigenvalue weighted by Gasteiger charge is 2.30. The van der Waals surface area contributed by atoms with Crippen LogP contribution in [0.15, 0.2) is 48.7 Å². The van der Waals surface area contributed by atoms with Gasteiger partial charge in [0.15, 0.2) is 0 Å². The second-order valence-electron chi connectivity index (χ2n) is 7.97. The number of pyridine rings is 1. The lowest BCUT2D eigenvalue weighted by Gasteiger charge is -2.37. The molecule has 3 rings (SSSR count). The molecule has 6 heteroatoms. The first kappa shape index (κ1) is 20.8. The van der Waals surface area contributed by atoms with E-state index < -0.39 is 6.04 Å². The molecule has 0 radical (unpaired) electrons. The van der Waals surface area contributed by atoms with E-state index in [4.69, 9.17) is 0 Å². The Bertz CT molecular complexity index is 830. The van der Waals surface area contributed by atoms with Crippen LogP contribution in [0.3, 0.4) is 0 Å². The van der Waals surface area contributed by atoms with Crippen molar-refractivity contribution in [2.75, 3.05) is 31.1 Å². The maximum atomic E-state index is 13.2. The van der Waals surface area contributed by atoms with Crippen LogP contribution in [0.4, 0.5) is 5.82 Å². The number of aryl methyl sites for hydroxylation is 1. The van der Waals surface area contributed by atoms with Gasteiger partial charge in [-0.2, -0.15) is 0 Å². The van der Waals surface area contributed by atoms with Crippen LogP contribution in [0.25, 0.3) is 0 Å². The van der Waals surface area contributed by atoms with Gasteiger partial charge in [0.05, 0.1) is 0 Å². The van der Waals surface area contributed by atoms with Crippen LogP contribution in [0.5, 0.6) is 0 Å². The van der Waals surface area contributed by atoms with Crippen molar-refractivity contribution in [2.45, 2.75) is 33.2 Å². The van der Waals surface area contributed by atoms with Gasteiger partial charge in [-0.1, -0.05) is 38.1 Å². The molecule has 0 saturated carbocycles. The quantitative estimate of drug-likeness (QED) is 0.818. The average molecular weight is 395 g/mol. The van der Waals surface area contributed by atoms with Crippen LogP contribution >= 0.6 is 0 Å². The van der Waals surface area contributed by atoms with Crippen LogP contribution in [-0.4, -0.2) is 53.9 Å². The van der Waals surface area contributed by atoms with Gasteiger partial charge >= 0.3 is 0 Å². The third kappa shape index (κ3) is 5.34. The summed E-state index contributed by atoms with van der Waals surface area (Å²) in [5, 5.41) is 2.99. The number of nitrogens with one attached hydrogen (secondary N) is 1. The Morgan fingerprint density at radius 3 is 2.34 bits per heavy atom. The number of carbonyl (C=O) groups excluding carboxylic acids is 2. The van der Waals surface area contributed by atoms with Gasteiger partial charge in [0.25, 0.3) is 5.91 Å². The smallest absolute Gasteiger partial charge is 0.252 e. The summed E-state index contributed by atoms with van der Waals surface area (Å²) < 4.78 is 0. The number of benzene rings is 1. The lowest BCUT2D eigenvalue weighted by Crippen LogP contribution is -2.55. The molecule has 1 saturated heterocycles. The molecule has 1 atom stereocenters. The Morgan fingerprint density at radius 2 is 1.72 bits per heavy atom. The fourth-order valence-electron chi connectivity index (χ4n) is 3.67. The van der Waals surface area contributed by atoms with Gasteiger partial charge in [0.2, 0.25) is 5.91 Å². The average Bonchev–Trinajstić information content (AvgIpc) is 2.73. The number of nitrogens with zero attached hydrogens (tertiary/aromatic N) is 3. The molecule has 6 nitrogen and oxygen atoms in total. The Kier molecular flexibility index (Phi) is 6.86. The Morgan fingerprint density at radius 1 is 1.03 bits per heavy atom. The number of piperazine rings is 1. The van der Waals surface area contributed by atoms with E-state index >= 15 is 0 Å². The van der Waals surface area contributed by atoms with Crippen molar-refractivity contribution < 1.29 is 9.59 Å². The predicted octanol–water partition coefficient (Wildman–Crippen LogP) is 2.88. The molecule has 1 unspecified atom stereocenters. The summed E-state index contributed by atoms with van der Waals surface area (Å²) >= 11 is 0. The van der Waals surface area contributed by atoms with Gasteiger partial charge < -0.3 is 15.1 Å². The minimum absolute atomic E-state index is 0.00121. The third-order valence-corrected chi connectivity index (χ3v) is 5.26. The number of rotatable bonds is 6. The summed E-state index contributed by atoms with van der Waals surface area (Å²) in [6.45, 7) is 8.78. The van der Waals surface area contributed by atoms with Crippen LogP contribution in [-0.2, 0) is 4.79 Å². The van der Waals surface area contributed by atoms with E-state index in [2.05, 4.69) is 29.0 Å². The summed E-state index contributed by atoms with van der Waals surface area (Å²) in [6.07, 6.45) is 2.41. The highest BCUT2D eigenvalue weighted by Crippen LogP contribution is 2.16. The molecule has 2 amide bonds. The SMILES string of the molecule is Cc1ccccc1C(=O)NC(CC(C)C)C(=O)N1CCN(c2ccccn2)CC1. The van der Waals surface area contributed by atoms with E-state index in [-0.39, 0.29) is 11.8 Å². The molecule has 2 heterocycles. The highest BCUT2D eigenvalue weighted by atomic mass is 16.2. The molecule has 29 heavy (non-hydrogen) atoms. The second-order valence-corrected chi connectivity index (χ2v) is 7.97. The van der Waals surface area contributed by atoms with Gasteiger partial charge in [-0.05, 0) is 43.0 Å². The number of carbonyl (C=O) groups is 2. The molecule has 1 fully saturated rings. The zero-order valence-corrected chi connectivity index (χ0v) is 17.5. The normalized spacial score (nSPS) is 15.3. The van der Waals surface area contributed by atoms with Gasteiger partial charge in [-0.25, -0.2) is 4.98 Å². The summed E-state index contributed by atoms with van der Waals surface area (Å²) in [5.74, 6) is 1.05. The van der Waals surface area contributed by atoms with Crippen molar-refractivity contribution in [3.05, 3.63) is 59.8 Å². The Labute approximate surface area is 172 Å². The van der Waals surface area contributed by atoms with Crippen molar-refractivity contribution >= 4 is 17.6 Å². The van der Waals surface area contributed by atoms with Crippen LogP contribution in [0.2, 0.25) is 0 Å². The van der Waals surface area contributed by atoms with E-state index in [1.807, 2.05) is 48.2 Å². The van der Waals surface area contributed by atoms with E-state index in [0.717, 1.165) is 24.5 Å². The predicted molar refractivity (Wildman–Crippen MR) is 115 cm³/mol. The summed E-state index contributed by atoms with van der Waals surface area (Å²) in [6, 6.07) is 12.8. The van der Waals surface area contributed by atoms with E-state index in [9.17, 15) is 9.59 Å². The van der Waals surface area contributed by atoms with Crippen molar-refractivity contribution in [3.8, 4) is 0 Å². The number of aromatic nitrogens is 1. The number of hydrogen-bond acceptors (Lipinski definition) is 4. The molecule has 0 bridgehead atoms. The fourth-order valence-corrected chi connectivity index (χ4v) is 3.67. The molecule has 1 aliphatic heterocycles. The summed E-state index contributed by atoms with van der Waals surface area (Å²) in [4.78, 5) is 34.4. The minimum atomic E-state index is -0.511. The first-order chi connectivity index (χ1) is 14.0. The molecular weight excluding hydrogens is 364 g/mol. The van der Waals surface area contributed by atoms with E-state index in [1.54, 1.807) is 12.3 Å². The third-order valence-electron chi connectivity index (χ3n) is 5.26. The minimum Gasteiger partial charge on any atom is -0.353 e. The monoisotopic (exact) mass is 394 g/mol.